The maximum absolute atomic E-state index is 12.7. The van der Waals surface area contributed by atoms with Crippen LogP contribution in [-0.4, -0.2) is 80.3 Å². The number of nitrogens with zero attached hydrogens (tertiary/aromatic N) is 2. The Hall–Kier alpha value is -3.33. The van der Waals surface area contributed by atoms with Crippen LogP contribution in [0.2, 0.25) is 0 Å². The SMILES string of the molecule is CO/N=C(\C(=O)NC1C(=O)N2C(C(=O)O)=C(COC(=O)NP(=O)(O)O)CS[C@H]12)c1ccco1. The number of carbonyl (C=O) groups excluding carboxylic acids is 3. The first-order chi connectivity index (χ1) is 15.5. The van der Waals surface area contributed by atoms with Crippen molar-refractivity contribution in [3.05, 3.63) is 35.4 Å². The number of fused-ring (bicyclic) bond motifs is 1. The zero-order valence-corrected chi connectivity index (χ0v) is 18.4. The lowest BCUT2D eigenvalue weighted by Crippen LogP contribution is -2.71. The minimum Gasteiger partial charge on any atom is -0.477 e. The third kappa shape index (κ3) is 5.36. The molecule has 2 aliphatic heterocycles. The number of β-lactam (4-membered cyclic amide) rings is 1. The first-order valence-electron chi connectivity index (χ1n) is 8.90. The van der Waals surface area contributed by atoms with Gasteiger partial charge in [0.2, 0.25) is 5.71 Å². The molecule has 1 aromatic heterocycles. The Kier molecular flexibility index (Phi) is 7.12. The second kappa shape index (κ2) is 9.66. The van der Waals surface area contributed by atoms with E-state index in [9.17, 15) is 28.8 Å². The van der Waals surface area contributed by atoms with Gasteiger partial charge in [0.1, 0.15) is 30.8 Å². The largest absolute Gasteiger partial charge is 0.477 e. The first kappa shape index (κ1) is 24.3. The van der Waals surface area contributed by atoms with Gasteiger partial charge in [-0.15, -0.1) is 11.8 Å². The molecule has 15 nitrogen and oxygen atoms in total. The van der Waals surface area contributed by atoms with Gasteiger partial charge in [-0.2, -0.15) is 0 Å². The van der Waals surface area contributed by atoms with Crippen molar-refractivity contribution < 1.29 is 52.6 Å². The van der Waals surface area contributed by atoms with E-state index in [4.69, 9.17) is 14.2 Å². The molecule has 2 atom stereocenters. The molecule has 33 heavy (non-hydrogen) atoms. The molecule has 0 aliphatic carbocycles. The summed E-state index contributed by atoms with van der Waals surface area (Å²) < 4.78 is 20.5. The lowest BCUT2D eigenvalue weighted by atomic mass is 10.0. The molecule has 17 heteroatoms. The molecule has 3 heterocycles. The van der Waals surface area contributed by atoms with E-state index in [1.807, 2.05) is 0 Å². The van der Waals surface area contributed by atoms with Crippen LogP contribution >= 0.6 is 19.5 Å². The lowest BCUT2D eigenvalue weighted by Gasteiger charge is -2.49. The highest BCUT2D eigenvalue weighted by molar-refractivity contribution is 8.00. The minimum atomic E-state index is -4.89. The van der Waals surface area contributed by atoms with E-state index < -0.39 is 55.3 Å². The van der Waals surface area contributed by atoms with E-state index in [2.05, 4.69) is 20.0 Å². The van der Waals surface area contributed by atoms with Crippen molar-refractivity contribution in [2.75, 3.05) is 19.5 Å². The van der Waals surface area contributed by atoms with Crippen LogP contribution in [0.15, 0.2) is 39.2 Å². The molecule has 5 N–H and O–H groups in total. The monoisotopic (exact) mass is 504 g/mol. The fraction of sp³-hybridized carbons (Fsp3) is 0.312. The van der Waals surface area contributed by atoms with E-state index in [-0.39, 0.29) is 22.8 Å². The molecule has 1 saturated heterocycles. The van der Waals surface area contributed by atoms with Crippen LogP contribution in [0, 0.1) is 0 Å². The maximum Gasteiger partial charge on any atom is 0.432 e. The van der Waals surface area contributed by atoms with Crippen LogP contribution in [0.3, 0.4) is 0 Å². The highest BCUT2D eigenvalue weighted by atomic mass is 32.2. The summed E-state index contributed by atoms with van der Waals surface area (Å²) in [5, 5.41) is 16.2. The summed E-state index contributed by atoms with van der Waals surface area (Å²) in [4.78, 5) is 71.5. The van der Waals surface area contributed by atoms with Gasteiger partial charge in [0.25, 0.3) is 11.8 Å². The molecule has 0 saturated carbocycles. The lowest BCUT2D eigenvalue weighted by molar-refractivity contribution is -0.150. The highest BCUT2D eigenvalue weighted by Crippen LogP contribution is 2.40. The van der Waals surface area contributed by atoms with Gasteiger partial charge < -0.3 is 34.2 Å². The number of thioether (sulfide) groups is 1. The number of hydrogen-bond donors (Lipinski definition) is 5. The Balaban J connectivity index is 1.72. The zero-order chi connectivity index (χ0) is 24.3. The number of aliphatic carboxylic acids is 1. The van der Waals surface area contributed by atoms with E-state index in [1.54, 1.807) is 0 Å². The number of ether oxygens (including phenoxy) is 1. The van der Waals surface area contributed by atoms with E-state index in [1.165, 1.54) is 30.6 Å². The van der Waals surface area contributed by atoms with Crippen molar-refractivity contribution in [3.8, 4) is 0 Å². The molecule has 0 aromatic carbocycles. The number of rotatable bonds is 8. The number of oxime groups is 1. The van der Waals surface area contributed by atoms with Crippen molar-refractivity contribution in [1.82, 2.24) is 15.3 Å². The molecule has 2 aliphatic rings. The summed E-state index contributed by atoms with van der Waals surface area (Å²) in [7, 11) is -3.67. The van der Waals surface area contributed by atoms with Crippen LogP contribution in [0.25, 0.3) is 0 Å². The van der Waals surface area contributed by atoms with Crippen molar-refractivity contribution in [1.29, 1.82) is 0 Å². The van der Waals surface area contributed by atoms with Crippen molar-refractivity contribution in [2.45, 2.75) is 11.4 Å². The number of carbonyl (C=O) groups is 4. The van der Waals surface area contributed by atoms with Gasteiger partial charge in [0.05, 0.1) is 6.26 Å². The summed E-state index contributed by atoms with van der Waals surface area (Å²) in [5.41, 5.74) is -0.649. The molecular formula is C16H17N4O11PS. The fourth-order valence-corrected chi connectivity index (χ4v) is 4.64. The average Bonchev–Trinajstić information content (AvgIpc) is 3.26. The second-order valence-electron chi connectivity index (χ2n) is 6.45. The molecule has 1 unspecified atom stereocenters. The molecule has 3 amide bonds. The third-order valence-corrected chi connectivity index (χ3v) is 6.12. The van der Waals surface area contributed by atoms with Crippen LogP contribution in [0.5, 0.6) is 0 Å². The molecule has 1 fully saturated rings. The van der Waals surface area contributed by atoms with Crippen LogP contribution < -0.4 is 10.4 Å². The van der Waals surface area contributed by atoms with Gasteiger partial charge in [-0.3, -0.25) is 14.5 Å². The molecule has 0 radical (unpaired) electrons. The van der Waals surface area contributed by atoms with Gasteiger partial charge in [0.15, 0.2) is 5.76 Å². The number of carboxylic acids is 1. The molecule has 0 spiro atoms. The molecular weight excluding hydrogens is 487 g/mol. The molecule has 0 bridgehead atoms. The normalized spacial score (nSPS) is 20.5. The van der Waals surface area contributed by atoms with Gasteiger partial charge in [-0.25, -0.2) is 19.2 Å². The van der Waals surface area contributed by atoms with Crippen molar-refractivity contribution >= 4 is 49.1 Å². The summed E-state index contributed by atoms with van der Waals surface area (Å²) >= 11 is 1.09. The predicted molar refractivity (Wildman–Crippen MR) is 108 cm³/mol. The van der Waals surface area contributed by atoms with Crippen LogP contribution in [0.4, 0.5) is 4.79 Å². The quantitative estimate of drug-likeness (QED) is 0.127. The van der Waals surface area contributed by atoms with Gasteiger partial charge in [-0.1, -0.05) is 5.16 Å². The number of nitrogens with one attached hydrogen (secondary N) is 2. The summed E-state index contributed by atoms with van der Waals surface area (Å²) in [6.45, 7) is -0.628. The summed E-state index contributed by atoms with van der Waals surface area (Å²) in [6, 6.07) is 1.91. The Morgan fingerprint density at radius 3 is 2.70 bits per heavy atom. The van der Waals surface area contributed by atoms with E-state index >= 15 is 0 Å². The smallest absolute Gasteiger partial charge is 0.432 e. The van der Waals surface area contributed by atoms with Crippen LogP contribution in [0.1, 0.15) is 5.76 Å². The minimum absolute atomic E-state index is 0.00282. The number of amides is 3. The highest BCUT2D eigenvalue weighted by Gasteiger charge is 2.54. The number of hydrogen-bond acceptors (Lipinski definition) is 10. The molecule has 3 rings (SSSR count). The summed E-state index contributed by atoms with van der Waals surface area (Å²) in [5.74, 6) is -2.90. The Bertz CT molecular complexity index is 1080. The topological polar surface area (TPSA) is 217 Å². The van der Waals surface area contributed by atoms with E-state index in [0.717, 1.165) is 16.7 Å². The second-order valence-corrected chi connectivity index (χ2v) is 8.87. The third-order valence-electron chi connectivity index (χ3n) is 4.30. The number of furan rings is 1. The maximum atomic E-state index is 12.7. The zero-order valence-electron chi connectivity index (χ0n) is 16.7. The van der Waals surface area contributed by atoms with Gasteiger partial charge >= 0.3 is 19.8 Å². The van der Waals surface area contributed by atoms with Crippen LogP contribution in [-0.2, 0) is 28.5 Å². The Morgan fingerprint density at radius 2 is 2.12 bits per heavy atom. The standard InChI is InChI=1S/C16H17N4O11PS/c1-29-18-9(8-3-2-4-30-8)12(21)17-10-13(22)20-11(15(23)24)7(6-33-14(10)20)5-31-16(25)19-32(26,27)28/h2-4,10,14H,5-6H2,1H3,(H,17,21)(H,23,24)(H3,19,25,26,27,28)/b18-9-/t10?,14-/m1/s1. The predicted octanol–water partition coefficient (Wildman–Crippen LogP) is -0.812. The Labute approximate surface area is 189 Å². The van der Waals surface area contributed by atoms with Crippen molar-refractivity contribution in [3.63, 3.8) is 0 Å². The summed E-state index contributed by atoms with van der Waals surface area (Å²) in [6.07, 6.45) is -0.148. The van der Waals surface area contributed by atoms with Gasteiger partial charge in [0, 0.05) is 11.3 Å². The molecule has 1 aromatic rings. The number of carboxylic acid groups (broad SMARTS) is 1. The molecule has 178 valence electrons. The average molecular weight is 504 g/mol. The van der Waals surface area contributed by atoms with Gasteiger partial charge in [-0.05, 0) is 12.1 Å². The van der Waals surface area contributed by atoms with E-state index in [0.29, 0.717) is 0 Å². The first-order valence-corrected chi connectivity index (χ1v) is 11.6. The van der Waals surface area contributed by atoms with Crippen molar-refractivity contribution in [2.24, 2.45) is 5.16 Å². The fourth-order valence-electron chi connectivity index (χ4n) is 3.01. The Morgan fingerprint density at radius 1 is 1.39 bits per heavy atom.